The fourth-order valence-electron chi connectivity index (χ4n) is 5.81. The van der Waals surface area contributed by atoms with Crippen molar-refractivity contribution in [1.29, 1.82) is 0 Å². The highest BCUT2D eigenvalue weighted by atomic mass is 19.4. The van der Waals surface area contributed by atoms with Crippen LogP contribution in [0.4, 0.5) is 28.9 Å². The second-order valence-electron chi connectivity index (χ2n) is 12.6. The number of piperazine rings is 1. The molecule has 0 spiro atoms. The molecule has 0 aliphatic carbocycles. The fourth-order valence-corrected chi connectivity index (χ4v) is 5.81. The number of anilines is 2. The van der Waals surface area contributed by atoms with Gasteiger partial charge in [0.1, 0.15) is 5.82 Å². The number of hydrogen-bond donors (Lipinski definition) is 2. The lowest BCUT2D eigenvalue weighted by Crippen LogP contribution is -2.55. The molecule has 0 radical (unpaired) electrons. The summed E-state index contributed by atoms with van der Waals surface area (Å²) in [5.41, 5.74) is -2.73. The summed E-state index contributed by atoms with van der Waals surface area (Å²) >= 11 is 0. The van der Waals surface area contributed by atoms with E-state index in [1.807, 2.05) is 46.6 Å². The van der Waals surface area contributed by atoms with Gasteiger partial charge in [0.25, 0.3) is 5.91 Å². The lowest BCUT2D eigenvalue weighted by atomic mass is 9.86. The first-order valence-corrected chi connectivity index (χ1v) is 14.2. The van der Waals surface area contributed by atoms with E-state index >= 15 is 4.39 Å². The molecule has 2 fully saturated rings. The highest BCUT2D eigenvalue weighted by molar-refractivity contribution is 6.07. The van der Waals surface area contributed by atoms with Gasteiger partial charge in [-0.2, -0.15) is 13.2 Å². The number of aromatic amines is 1. The van der Waals surface area contributed by atoms with Crippen LogP contribution in [0.1, 0.15) is 74.9 Å². The maximum atomic E-state index is 15.8. The Labute approximate surface area is 243 Å². The Morgan fingerprint density at radius 2 is 1.60 bits per heavy atom. The van der Waals surface area contributed by atoms with Crippen molar-refractivity contribution in [3.05, 3.63) is 57.3 Å². The van der Waals surface area contributed by atoms with Crippen LogP contribution in [0.5, 0.6) is 0 Å². The van der Waals surface area contributed by atoms with Crippen LogP contribution in [-0.4, -0.2) is 71.9 Å². The van der Waals surface area contributed by atoms with E-state index in [-0.39, 0.29) is 29.6 Å². The van der Waals surface area contributed by atoms with Crippen LogP contribution in [0.15, 0.2) is 29.2 Å². The van der Waals surface area contributed by atoms with E-state index in [1.165, 1.54) is 12.1 Å². The van der Waals surface area contributed by atoms with E-state index in [1.54, 1.807) is 4.90 Å². The van der Waals surface area contributed by atoms with Gasteiger partial charge in [-0.15, -0.1) is 0 Å². The summed E-state index contributed by atoms with van der Waals surface area (Å²) in [6, 6.07) is 3.41. The molecule has 2 unspecified atom stereocenters. The maximum Gasteiger partial charge on any atom is 0.417 e. The lowest BCUT2D eigenvalue weighted by molar-refractivity contribution is -0.140. The van der Waals surface area contributed by atoms with Crippen molar-refractivity contribution in [1.82, 2.24) is 14.8 Å². The van der Waals surface area contributed by atoms with Crippen molar-refractivity contribution in [3.63, 3.8) is 0 Å². The largest absolute Gasteiger partial charge is 0.417 e. The van der Waals surface area contributed by atoms with Crippen molar-refractivity contribution < 1.29 is 27.2 Å². The molecule has 1 aromatic carbocycles. The minimum Gasteiger partial charge on any atom is -0.367 e. The number of rotatable bonds is 4. The second kappa shape index (κ2) is 11.7. The van der Waals surface area contributed by atoms with Gasteiger partial charge in [0.05, 0.1) is 22.5 Å². The Morgan fingerprint density at radius 3 is 2.14 bits per heavy atom. The molecule has 3 heterocycles. The number of pyridine rings is 1. The molecule has 8 nitrogen and oxygen atoms in total. The van der Waals surface area contributed by atoms with Crippen LogP contribution in [-0.2, 0) is 11.0 Å². The first kappa shape index (κ1) is 31.5. The molecule has 2 aliphatic rings. The van der Waals surface area contributed by atoms with E-state index in [2.05, 4.69) is 15.2 Å². The van der Waals surface area contributed by atoms with E-state index in [9.17, 15) is 27.6 Å². The van der Waals surface area contributed by atoms with Crippen LogP contribution in [0, 0.1) is 11.2 Å². The molecule has 0 bridgehead atoms. The smallest absolute Gasteiger partial charge is 0.367 e. The number of amides is 2. The highest BCUT2D eigenvalue weighted by Gasteiger charge is 2.37. The van der Waals surface area contributed by atoms with E-state index < -0.39 is 40.0 Å². The number of benzene rings is 1. The Kier molecular flexibility index (Phi) is 8.78. The van der Waals surface area contributed by atoms with Crippen molar-refractivity contribution in [2.45, 2.75) is 71.6 Å². The van der Waals surface area contributed by atoms with E-state index in [0.717, 1.165) is 6.20 Å². The van der Waals surface area contributed by atoms with Crippen LogP contribution < -0.4 is 15.8 Å². The summed E-state index contributed by atoms with van der Waals surface area (Å²) < 4.78 is 56.9. The molecule has 2 aliphatic heterocycles. The molecule has 230 valence electrons. The average molecular weight is 594 g/mol. The Hall–Kier alpha value is -3.41. The highest BCUT2D eigenvalue weighted by Crippen LogP contribution is 2.39. The number of nitrogens with one attached hydrogen (secondary N) is 2. The van der Waals surface area contributed by atoms with E-state index in [0.29, 0.717) is 56.3 Å². The van der Waals surface area contributed by atoms with Gasteiger partial charge in [-0.05, 0) is 57.4 Å². The molecule has 1 aromatic heterocycles. The second-order valence-corrected chi connectivity index (χ2v) is 12.6. The van der Waals surface area contributed by atoms with Gasteiger partial charge in [0.2, 0.25) is 11.5 Å². The molecule has 2 aromatic rings. The zero-order valence-electron chi connectivity index (χ0n) is 24.9. The number of piperidine rings is 1. The molecule has 2 N–H and O–H groups in total. The van der Waals surface area contributed by atoms with Crippen molar-refractivity contribution in [3.8, 4) is 0 Å². The van der Waals surface area contributed by atoms with Gasteiger partial charge in [-0.25, -0.2) is 4.39 Å². The molecule has 2 atom stereocenters. The molecule has 2 saturated heterocycles. The number of halogens is 4. The normalized spacial score (nSPS) is 21.0. The van der Waals surface area contributed by atoms with Gasteiger partial charge in [-0.1, -0.05) is 20.8 Å². The minimum absolute atomic E-state index is 0.0180. The van der Waals surface area contributed by atoms with Crippen molar-refractivity contribution in [2.75, 3.05) is 43.4 Å². The molecule has 12 heteroatoms. The SMILES string of the molecule is CC1CN(c2cc(F)c(C3CCN(C(=O)C(C)(C)C)CC3)cc2NC(=O)c2c[nH]c(=O)cc2C(F)(F)F)CC(C)N1C. The number of likely N-dealkylation sites (tertiary alicyclic amines) is 1. The van der Waals surface area contributed by atoms with Crippen LogP contribution in [0.2, 0.25) is 0 Å². The van der Waals surface area contributed by atoms with Gasteiger partial charge in [0, 0.05) is 55.9 Å². The third-order valence-corrected chi connectivity index (χ3v) is 8.40. The summed E-state index contributed by atoms with van der Waals surface area (Å²) in [7, 11) is 1.99. The van der Waals surface area contributed by atoms with Crippen LogP contribution >= 0.6 is 0 Å². The van der Waals surface area contributed by atoms with Gasteiger partial charge in [0.15, 0.2) is 0 Å². The molecular formula is C30H39F4N5O3. The van der Waals surface area contributed by atoms with Gasteiger partial charge in [-0.3, -0.25) is 19.3 Å². The van der Waals surface area contributed by atoms with Crippen molar-refractivity contribution >= 4 is 23.2 Å². The minimum atomic E-state index is -4.93. The summed E-state index contributed by atoms with van der Waals surface area (Å²) in [6.45, 7) is 11.5. The number of H-pyrrole nitrogens is 1. The third-order valence-electron chi connectivity index (χ3n) is 8.40. The summed E-state index contributed by atoms with van der Waals surface area (Å²) in [4.78, 5) is 45.7. The molecular weight excluding hydrogens is 554 g/mol. The van der Waals surface area contributed by atoms with E-state index in [4.69, 9.17) is 0 Å². The molecule has 4 rings (SSSR count). The predicted octanol–water partition coefficient (Wildman–Crippen LogP) is 5.07. The van der Waals surface area contributed by atoms with Crippen LogP contribution in [0.25, 0.3) is 0 Å². The Balaban J connectivity index is 1.71. The van der Waals surface area contributed by atoms with Gasteiger partial charge >= 0.3 is 6.18 Å². The van der Waals surface area contributed by atoms with Crippen molar-refractivity contribution in [2.24, 2.45) is 5.41 Å². The first-order chi connectivity index (χ1) is 19.5. The number of carbonyl (C=O) groups is 2. The standard InChI is InChI=1S/C30H39F4N5O3/c1-17-15-39(16-18(2)37(17)6)25-13-23(31)20(19-7-9-38(10-8-19)28(42)29(3,4)5)11-24(25)36-27(41)21-14-35-26(40)12-22(21)30(32,33)34/h11-14,17-19H,7-10,15-16H2,1-6H3,(H,35,40)(H,36,41). The number of alkyl halides is 3. The third kappa shape index (κ3) is 6.63. The summed E-state index contributed by atoms with van der Waals surface area (Å²) in [5, 5.41) is 2.60. The average Bonchev–Trinajstić information content (AvgIpc) is 2.90. The maximum absolute atomic E-state index is 15.8. The molecule has 42 heavy (non-hydrogen) atoms. The number of aromatic nitrogens is 1. The molecule has 2 amide bonds. The lowest BCUT2D eigenvalue weighted by Gasteiger charge is -2.44. The first-order valence-electron chi connectivity index (χ1n) is 14.2. The number of carbonyl (C=O) groups excluding carboxylic acids is 2. The number of nitrogens with zero attached hydrogens (tertiary/aromatic N) is 3. The predicted molar refractivity (Wildman–Crippen MR) is 153 cm³/mol. The monoisotopic (exact) mass is 593 g/mol. The topological polar surface area (TPSA) is 88.7 Å². The summed E-state index contributed by atoms with van der Waals surface area (Å²) in [5.74, 6) is -1.77. The summed E-state index contributed by atoms with van der Waals surface area (Å²) in [6.07, 6.45) is -3.18. The zero-order chi connectivity index (χ0) is 31.1. The number of hydrogen-bond acceptors (Lipinski definition) is 5. The molecule has 0 saturated carbocycles. The zero-order valence-corrected chi connectivity index (χ0v) is 24.9. The van der Waals surface area contributed by atoms with Crippen LogP contribution in [0.3, 0.4) is 0 Å². The fraction of sp³-hybridized carbons (Fsp3) is 0.567. The van der Waals surface area contributed by atoms with Gasteiger partial charge < -0.3 is 20.1 Å². The quantitative estimate of drug-likeness (QED) is 0.484. The Bertz CT molecular complexity index is 1380. The Morgan fingerprint density at radius 1 is 1.00 bits per heavy atom. The number of likely N-dealkylation sites (N-methyl/N-ethyl adjacent to an activating group) is 1.